The number of anilines is 1. The van der Waals surface area contributed by atoms with Crippen LogP contribution in [0.5, 0.6) is 11.6 Å². The SMILES string of the molecule is CC1CCC(NC(=O)c2ccc(Oc3nccnc3N3CCOCC3)cc2)CC1. The summed E-state index contributed by atoms with van der Waals surface area (Å²) in [5.74, 6) is 2.54. The highest BCUT2D eigenvalue weighted by Gasteiger charge is 2.21. The minimum Gasteiger partial charge on any atom is -0.436 e. The maximum absolute atomic E-state index is 12.5. The van der Waals surface area contributed by atoms with Crippen molar-refractivity contribution in [2.24, 2.45) is 5.92 Å². The molecule has 1 saturated carbocycles. The summed E-state index contributed by atoms with van der Waals surface area (Å²) < 4.78 is 11.4. The Hall–Kier alpha value is -2.67. The van der Waals surface area contributed by atoms with Crippen LogP contribution in [-0.4, -0.2) is 48.2 Å². The number of nitrogens with zero attached hydrogens (tertiary/aromatic N) is 3. The van der Waals surface area contributed by atoms with Crippen LogP contribution in [-0.2, 0) is 4.74 Å². The van der Waals surface area contributed by atoms with E-state index in [1.807, 2.05) is 0 Å². The van der Waals surface area contributed by atoms with Gasteiger partial charge < -0.3 is 19.7 Å². The van der Waals surface area contributed by atoms with Crippen molar-refractivity contribution >= 4 is 11.7 Å². The van der Waals surface area contributed by atoms with Gasteiger partial charge in [-0.3, -0.25) is 4.79 Å². The molecule has 1 aliphatic carbocycles. The van der Waals surface area contributed by atoms with E-state index in [9.17, 15) is 4.79 Å². The first-order valence-corrected chi connectivity index (χ1v) is 10.4. The number of hydrogen-bond acceptors (Lipinski definition) is 6. The van der Waals surface area contributed by atoms with Gasteiger partial charge >= 0.3 is 0 Å². The molecule has 1 aliphatic heterocycles. The van der Waals surface area contributed by atoms with Crippen LogP contribution >= 0.6 is 0 Å². The minimum atomic E-state index is -0.0235. The molecule has 0 radical (unpaired) electrons. The van der Waals surface area contributed by atoms with Crippen LogP contribution < -0.4 is 15.0 Å². The fourth-order valence-corrected chi connectivity index (χ4v) is 3.84. The molecule has 2 aromatic rings. The number of hydrogen-bond donors (Lipinski definition) is 1. The topological polar surface area (TPSA) is 76.6 Å². The normalized spacial score (nSPS) is 22.2. The molecule has 154 valence electrons. The summed E-state index contributed by atoms with van der Waals surface area (Å²) in [6.07, 6.45) is 7.77. The number of aromatic nitrogens is 2. The molecular formula is C22H28N4O3. The number of amides is 1. The van der Waals surface area contributed by atoms with Gasteiger partial charge in [0, 0.05) is 37.1 Å². The fourth-order valence-electron chi connectivity index (χ4n) is 3.84. The van der Waals surface area contributed by atoms with Crippen molar-refractivity contribution in [3.63, 3.8) is 0 Å². The average Bonchev–Trinajstić information content (AvgIpc) is 2.77. The lowest BCUT2D eigenvalue weighted by molar-refractivity contribution is 0.0923. The summed E-state index contributed by atoms with van der Waals surface area (Å²) in [4.78, 5) is 23.4. The Bertz CT molecular complexity index is 813. The first kappa shape index (κ1) is 19.6. The lowest BCUT2D eigenvalue weighted by atomic mass is 9.87. The van der Waals surface area contributed by atoms with Crippen LogP contribution in [0.25, 0.3) is 0 Å². The van der Waals surface area contributed by atoms with E-state index in [0.29, 0.717) is 36.2 Å². The molecule has 7 nitrogen and oxygen atoms in total. The largest absolute Gasteiger partial charge is 0.436 e. The van der Waals surface area contributed by atoms with Gasteiger partial charge in [-0.05, 0) is 55.9 Å². The van der Waals surface area contributed by atoms with Gasteiger partial charge in [-0.15, -0.1) is 0 Å². The van der Waals surface area contributed by atoms with Gasteiger partial charge in [0.15, 0.2) is 5.82 Å². The van der Waals surface area contributed by atoms with Crippen LogP contribution in [0.1, 0.15) is 43.0 Å². The van der Waals surface area contributed by atoms with E-state index < -0.39 is 0 Å². The predicted molar refractivity (Wildman–Crippen MR) is 110 cm³/mol. The Morgan fingerprint density at radius 2 is 1.76 bits per heavy atom. The van der Waals surface area contributed by atoms with Gasteiger partial charge in [0.1, 0.15) is 5.75 Å². The third-order valence-electron chi connectivity index (χ3n) is 5.64. The van der Waals surface area contributed by atoms with E-state index in [4.69, 9.17) is 9.47 Å². The third kappa shape index (κ3) is 5.03. The first-order chi connectivity index (χ1) is 14.2. The molecular weight excluding hydrogens is 368 g/mol. The maximum Gasteiger partial charge on any atom is 0.263 e. The van der Waals surface area contributed by atoms with Gasteiger partial charge in [0.05, 0.1) is 13.2 Å². The third-order valence-corrected chi connectivity index (χ3v) is 5.64. The van der Waals surface area contributed by atoms with Crippen molar-refractivity contribution < 1.29 is 14.3 Å². The highest BCUT2D eigenvalue weighted by atomic mass is 16.5. The number of ether oxygens (including phenoxy) is 2. The van der Waals surface area contributed by atoms with Crippen LogP contribution in [0.3, 0.4) is 0 Å². The average molecular weight is 396 g/mol. The zero-order chi connectivity index (χ0) is 20.1. The molecule has 0 bridgehead atoms. The predicted octanol–water partition coefficient (Wildman–Crippen LogP) is 3.41. The van der Waals surface area contributed by atoms with Crippen molar-refractivity contribution in [3.05, 3.63) is 42.2 Å². The molecule has 29 heavy (non-hydrogen) atoms. The first-order valence-electron chi connectivity index (χ1n) is 10.4. The Balaban J connectivity index is 1.39. The van der Waals surface area contributed by atoms with Gasteiger partial charge in [-0.2, -0.15) is 0 Å². The lowest BCUT2D eigenvalue weighted by Crippen LogP contribution is -2.37. The molecule has 1 amide bonds. The van der Waals surface area contributed by atoms with Crippen LogP contribution in [0.4, 0.5) is 5.82 Å². The Labute approximate surface area is 171 Å². The Morgan fingerprint density at radius 3 is 2.48 bits per heavy atom. The van der Waals surface area contributed by atoms with Gasteiger partial charge in [-0.1, -0.05) is 6.92 Å². The van der Waals surface area contributed by atoms with Crippen molar-refractivity contribution in [3.8, 4) is 11.6 Å². The van der Waals surface area contributed by atoms with Crippen molar-refractivity contribution in [2.45, 2.75) is 38.6 Å². The van der Waals surface area contributed by atoms with E-state index in [1.165, 1.54) is 12.8 Å². The molecule has 1 N–H and O–H groups in total. The maximum atomic E-state index is 12.5. The highest BCUT2D eigenvalue weighted by Crippen LogP contribution is 2.29. The number of carbonyl (C=O) groups is 1. The van der Waals surface area contributed by atoms with Crippen molar-refractivity contribution in [1.29, 1.82) is 0 Å². The van der Waals surface area contributed by atoms with Crippen molar-refractivity contribution in [2.75, 3.05) is 31.2 Å². The standard InChI is InChI=1S/C22H28N4O3/c1-16-2-6-18(7-3-16)25-21(27)17-4-8-19(9-5-17)29-22-20(23-10-11-24-22)26-12-14-28-15-13-26/h4-5,8-11,16,18H,2-3,6-7,12-15H2,1H3,(H,25,27). The molecule has 1 saturated heterocycles. The van der Waals surface area contributed by atoms with Gasteiger partial charge in [0.25, 0.3) is 11.8 Å². The summed E-state index contributed by atoms with van der Waals surface area (Å²) in [6.45, 7) is 5.13. The number of rotatable bonds is 5. The molecule has 4 rings (SSSR count). The van der Waals surface area contributed by atoms with E-state index in [0.717, 1.165) is 31.8 Å². The second-order valence-electron chi connectivity index (χ2n) is 7.84. The molecule has 7 heteroatoms. The second kappa shape index (κ2) is 9.22. The van der Waals surface area contributed by atoms with Crippen LogP contribution in [0, 0.1) is 5.92 Å². The summed E-state index contributed by atoms with van der Waals surface area (Å²) >= 11 is 0. The Kier molecular flexibility index (Phi) is 6.24. The summed E-state index contributed by atoms with van der Waals surface area (Å²) in [7, 11) is 0. The molecule has 0 spiro atoms. The quantitative estimate of drug-likeness (QED) is 0.835. The second-order valence-corrected chi connectivity index (χ2v) is 7.84. The lowest BCUT2D eigenvalue weighted by Gasteiger charge is -2.28. The van der Waals surface area contributed by atoms with Crippen LogP contribution in [0.15, 0.2) is 36.7 Å². The summed E-state index contributed by atoms with van der Waals surface area (Å²) in [5.41, 5.74) is 0.642. The van der Waals surface area contributed by atoms with Gasteiger partial charge in [-0.25, -0.2) is 9.97 Å². The number of nitrogens with one attached hydrogen (secondary N) is 1. The van der Waals surface area contributed by atoms with E-state index in [-0.39, 0.29) is 11.9 Å². The van der Waals surface area contributed by atoms with Crippen LogP contribution in [0.2, 0.25) is 0 Å². The molecule has 1 aromatic heterocycles. The van der Waals surface area contributed by atoms with E-state index >= 15 is 0 Å². The zero-order valence-corrected chi connectivity index (χ0v) is 16.8. The molecule has 1 aromatic carbocycles. The molecule has 2 heterocycles. The fraction of sp³-hybridized carbons (Fsp3) is 0.500. The molecule has 2 fully saturated rings. The van der Waals surface area contributed by atoms with E-state index in [2.05, 4.69) is 27.1 Å². The number of benzene rings is 1. The van der Waals surface area contributed by atoms with E-state index in [1.54, 1.807) is 36.7 Å². The zero-order valence-electron chi connectivity index (χ0n) is 16.8. The van der Waals surface area contributed by atoms with Crippen molar-refractivity contribution in [1.82, 2.24) is 15.3 Å². The highest BCUT2D eigenvalue weighted by molar-refractivity contribution is 5.94. The molecule has 0 atom stereocenters. The number of carbonyl (C=O) groups excluding carboxylic acids is 1. The van der Waals surface area contributed by atoms with Gasteiger partial charge in [0.2, 0.25) is 0 Å². The Morgan fingerprint density at radius 1 is 1.07 bits per heavy atom. The minimum absolute atomic E-state index is 0.0235. The molecule has 2 aliphatic rings. The number of morpholine rings is 1. The summed E-state index contributed by atoms with van der Waals surface area (Å²) in [6, 6.07) is 7.47. The summed E-state index contributed by atoms with van der Waals surface area (Å²) in [5, 5.41) is 3.16. The molecule has 0 unspecified atom stereocenters. The monoisotopic (exact) mass is 396 g/mol. The smallest absolute Gasteiger partial charge is 0.263 e.